The number of carbonyl (C=O) groups excluding carboxylic acids is 3. The summed E-state index contributed by atoms with van der Waals surface area (Å²) in [4.78, 5) is 50.5. The Bertz CT molecular complexity index is 1290. The summed E-state index contributed by atoms with van der Waals surface area (Å²) in [6, 6.07) is 23.6. The van der Waals surface area contributed by atoms with Crippen LogP contribution in [0.2, 0.25) is 0 Å². The van der Waals surface area contributed by atoms with E-state index in [9.17, 15) is 24.3 Å². The van der Waals surface area contributed by atoms with Gasteiger partial charge in [0, 0.05) is 30.9 Å². The number of carboxylic acid groups (broad SMARTS) is 1. The average molecular weight is 515 g/mol. The zero-order valence-electron chi connectivity index (χ0n) is 20.9. The van der Waals surface area contributed by atoms with E-state index in [1.54, 1.807) is 36.4 Å². The summed E-state index contributed by atoms with van der Waals surface area (Å²) in [5, 5.41) is 17.7. The fourth-order valence-electron chi connectivity index (χ4n) is 4.46. The number of hydrogen-bond donors (Lipinski definition) is 4. The lowest BCUT2D eigenvalue weighted by Crippen LogP contribution is -2.40. The number of fused-ring (bicyclic) bond motifs is 1. The van der Waals surface area contributed by atoms with Crippen LogP contribution in [0.1, 0.15) is 41.9 Å². The second kappa shape index (κ2) is 12.5. The van der Waals surface area contributed by atoms with Gasteiger partial charge in [-0.05, 0) is 47.2 Å². The van der Waals surface area contributed by atoms with Crippen LogP contribution in [0, 0.1) is 0 Å². The van der Waals surface area contributed by atoms with Gasteiger partial charge in [-0.15, -0.1) is 0 Å². The van der Waals surface area contributed by atoms with Crippen molar-refractivity contribution in [2.24, 2.45) is 0 Å². The van der Waals surface area contributed by atoms with Gasteiger partial charge in [0.25, 0.3) is 0 Å². The second-order valence-corrected chi connectivity index (χ2v) is 9.14. The van der Waals surface area contributed by atoms with Crippen LogP contribution in [0.5, 0.6) is 0 Å². The lowest BCUT2D eigenvalue weighted by Gasteiger charge is -2.23. The third-order valence-electron chi connectivity index (χ3n) is 6.40. The van der Waals surface area contributed by atoms with Crippen molar-refractivity contribution in [1.29, 1.82) is 0 Å². The van der Waals surface area contributed by atoms with Crippen molar-refractivity contribution in [2.75, 3.05) is 16.8 Å². The van der Waals surface area contributed by atoms with E-state index in [2.05, 4.69) is 16.0 Å². The molecule has 3 aromatic carbocycles. The van der Waals surface area contributed by atoms with E-state index in [0.717, 1.165) is 16.7 Å². The molecule has 0 spiro atoms. The van der Waals surface area contributed by atoms with Gasteiger partial charge < -0.3 is 26.0 Å². The van der Waals surface area contributed by atoms with Crippen LogP contribution in [0.15, 0.2) is 78.9 Å². The minimum atomic E-state index is -0.919. The largest absolute Gasteiger partial charge is 0.481 e. The van der Waals surface area contributed by atoms with Crippen LogP contribution < -0.4 is 20.9 Å². The zero-order chi connectivity index (χ0) is 26.9. The molecule has 1 atom stereocenters. The van der Waals surface area contributed by atoms with Crippen molar-refractivity contribution >= 4 is 35.2 Å². The molecule has 4 rings (SSSR count). The van der Waals surface area contributed by atoms with Gasteiger partial charge in [0.2, 0.25) is 11.8 Å². The van der Waals surface area contributed by atoms with Crippen LogP contribution >= 0.6 is 0 Å². The van der Waals surface area contributed by atoms with Gasteiger partial charge in [-0.2, -0.15) is 0 Å². The maximum absolute atomic E-state index is 12.8. The quantitative estimate of drug-likeness (QED) is 0.343. The molecule has 0 saturated carbocycles. The molecule has 196 valence electrons. The summed E-state index contributed by atoms with van der Waals surface area (Å²) in [6.07, 6.45) is 0.530. The smallest absolute Gasteiger partial charge is 0.319 e. The first kappa shape index (κ1) is 26.4. The summed E-state index contributed by atoms with van der Waals surface area (Å²) in [6.45, 7) is 0.516. The number of benzene rings is 3. The summed E-state index contributed by atoms with van der Waals surface area (Å²) in [5.74, 6) is -1.74. The predicted molar refractivity (Wildman–Crippen MR) is 144 cm³/mol. The number of hydrogen-bond acceptors (Lipinski definition) is 4. The Balaban J connectivity index is 1.30. The lowest BCUT2D eigenvalue weighted by molar-refractivity contribution is -0.137. The summed E-state index contributed by atoms with van der Waals surface area (Å²) < 4.78 is 0. The predicted octanol–water partition coefficient (Wildman–Crippen LogP) is 4.01. The maximum Gasteiger partial charge on any atom is 0.319 e. The van der Waals surface area contributed by atoms with Gasteiger partial charge in [-0.1, -0.05) is 60.7 Å². The van der Waals surface area contributed by atoms with Crippen molar-refractivity contribution in [3.8, 4) is 0 Å². The Morgan fingerprint density at radius 3 is 2.24 bits per heavy atom. The first-order valence-electron chi connectivity index (χ1n) is 12.4. The van der Waals surface area contributed by atoms with Crippen LogP contribution in [0.3, 0.4) is 0 Å². The minimum Gasteiger partial charge on any atom is -0.481 e. The SMILES string of the molecule is O=C(O)CC1CCC(=O)N(CC(=O)NCc2ccc(NC(=O)NCc3ccccc3)cc2)c2ccccc21. The summed E-state index contributed by atoms with van der Waals surface area (Å²) >= 11 is 0. The molecule has 4 N–H and O–H groups in total. The number of amides is 4. The molecule has 0 fully saturated rings. The fraction of sp³-hybridized carbons (Fsp3) is 0.241. The van der Waals surface area contributed by atoms with E-state index >= 15 is 0 Å². The summed E-state index contributed by atoms with van der Waals surface area (Å²) in [5.41, 5.74) is 3.80. The third kappa shape index (κ3) is 7.19. The van der Waals surface area contributed by atoms with E-state index in [-0.39, 0.29) is 49.7 Å². The molecule has 3 aromatic rings. The maximum atomic E-state index is 12.8. The highest BCUT2D eigenvalue weighted by Crippen LogP contribution is 2.36. The number of carboxylic acids is 1. The number of anilines is 2. The Morgan fingerprint density at radius 1 is 0.842 bits per heavy atom. The zero-order valence-corrected chi connectivity index (χ0v) is 20.9. The van der Waals surface area contributed by atoms with Gasteiger partial charge in [-0.25, -0.2) is 4.79 Å². The molecule has 38 heavy (non-hydrogen) atoms. The summed E-state index contributed by atoms with van der Waals surface area (Å²) in [7, 11) is 0. The molecule has 0 bridgehead atoms. The monoisotopic (exact) mass is 514 g/mol. The van der Waals surface area contributed by atoms with Crippen LogP contribution in [0.4, 0.5) is 16.2 Å². The van der Waals surface area contributed by atoms with Crippen molar-refractivity contribution in [3.05, 3.63) is 95.6 Å². The third-order valence-corrected chi connectivity index (χ3v) is 6.40. The van der Waals surface area contributed by atoms with Crippen LogP contribution in [-0.4, -0.2) is 35.5 Å². The molecule has 0 radical (unpaired) electrons. The number of rotatable bonds is 9. The molecule has 0 aliphatic carbocycles. The molecular formula is C29H30N4O5. The molecule has 0 aromatic heterocycles. The lowest BCUT2D eigenvalue weighted by atomic mass is 9.91. The molecular weight excluding hydrogens is 484 g/mol. The number of carbonyl (C=O) groups is 4. The molecule has 9 nitrogen and oxygen atoms in total. The Kier molecular flexibility index (Phi) is 8.71. The van der Waals surface area contributed by atoms with Gasteiger partial charge in [0.15, 0.2) is 0 Å². The number of nitrogens with one attached hydrogen (secondary N) is 3. The highest BCUT2D eigenvalue weighted by Gasteiger charge is 2.30. The van der Waals surface area contributed by atoms with Gasteiger partial charge in [0.05, 0.1) is 6.42 Å². The molecule has 9 heteroatoms. The molecule has 4 amide bonds. The normalized spacial score (nSPS) is 14.7. The van der Waals surface area contributed by atoms with Crippen LogP contribution in [-0.2, 0) is 27.5 Å². The number of urea groups is 1. The van der Waals surface area contributed by atoms with Crippen molar-refractivity contribution in [1.82, 2.24) is 10.6 Å². The molecule has 1 aliphatic heterocycles. The minimum absolute atomic E-state index is 0.0656. The standard InChI is InChI=1S/C29H30N4O5/c34-26(19-33-25-9-5-4-8-24(25)22(16-28(36)37)12-15-27(33)35)30-17-21-10-13-23(14-11-21)32-29(38)31-18-20-6-2-1-3-7-20/h1-11,13-14,22H,12,15-19H2,(H,30,34)(H,36,37)(H2,31,32,38). The van der Waals surface area contributed by atoms with E-state index in [1.165, 1.54) is 4.90 Å². The first-order chi connectivity index (χ1) is 18.4. The Hall–Kier alpha value is -4.66. The van der Waals surface area contributed by atoms with Gasteiger partial charge in [0.1, 0.15) is 6.54 Å². The van der Waals surface area contributed by atoms with Gasteiger partial charge >= 0.3 is 12.0 Å². The highest BCUT2D eigenvalue weighted by molar-refractivity contribution is 6.00. The van der Waals surface area contributed by atoms with E-state index in [4.69, 9.17) is 0 Å². The molecule has 1 unspecified atom stereocenters. The number of para-hydroxylation sites is 1. The van der Waals surface area contributed by atoms with Gasteiger partial charge in [-0.3, -0.25) is 14.4 Å². The average Bonchev–Trinajstić information content (AvgIpc) is 3.04. The van der Waals surface area contributed by atoms with E-state index < -0.39 is 5.97 Å². The number of aliphatic carboxylic acids is 1. The highest BCUT2D eigenvalue weighted by atomic mass is 16.4. The fourth-order valence-corrected chi connectivity index (χ4v) is 4.46. The van der Waals surface area contributed by atoms with E-state index in [1.807, 2.05) is 42.5 Å². The molecule has 1 heterocycles. The Labute approximate surface area is 220 Å². The van der Waals surface area contributed by atoms with Crippen molar-refractivity contribution in [3.63, 3.8) is 0 Å². The van der Waals surface area contributed by atoms with Crippen LogP contribution in [0.25, 0.3) is 0 Å². The Morgan fingerprint density at radius 2 is 1.50 bits per heavy atom. The van der Waals surface area contributed by atoms with Crippen molar-refractivity contribution in [2.45, 2.75) is 38.3 Å². The number of nitrogens with zero attached hydrogens (tertiary/aromatic N) is 1. The first-order valence-corrected chi connectivity index (χ1v) is 12.4. The van der Waals surface area contributed by atoms with E-state index in [0.29, 0.717) is 24.3 Å². The topological polar surface area (TPSA) is 128 Å². The second-order valence-electron chi connectivity index (χ2n) is 9.14. The molecule has 0 saturated heterocycles. The molecule has 1 aliphatic rings. The van der Waals surface area contributed by atoms with Crippen molar-refractivity contribution < 1.29 is 24.3 Å².